The SMILES string of the molecule is CC(C)[Si](C#Cc1ccc2[nH]ccc2c1)(C(C)C)C(C)C. The average molecular weight is 298 g/mol. The van der Waals surface area contributed by atoms with Crippen molar-refractivity contribution in [2.24, 2.45) is 0 Å². The molecular formula is C19H27NSi. The summed E-state index contributed by atoms with van der Waals surface area (Å²) in [5.41, 5.74) is 8.15. The molecule has 0 spiro atoms. The molecule has 0 atom stereocenters. The second-order valence-corrected chi connectivity index (χ2v) is 12.5. The van der Waals surface area contributed by atoms with Crippen molar-refractivity contribution < 1.29 is 0 Å². The van der Waals surface area contributed by atoms with E-state index in [1.54, 1.807) is 0 Å². The first-order valence-corrected chi connectivity index (χ1v) is 10.2. The van der Waals surface area contributed by atoms with E-state index >= 15 is 0 Å². The number of fused-ring (bicyclic) bond motifs is 1. The van der Waals surface area contributed by atoms with E-state index in [-0.39, 0.29) is 0 Å². The van der Waals surface area contributed by atoms with Gasteiger partial charge in [0.25, 0.3) is 0 Å². The van der Waals surface area contributed by atoms with Gasteiger partial charge in [0, 0.05) is 22.7 Å². The highest BCUT2D eigenvalue weighted by molar-refractivity contribution is 6.90. The Morgan fingerprint density at radius 2 is 1.52 bits per heavy atom. The van der Waals surface area contributed by atoms with Gasteiger partial charge in [0.05, 0.1) is 0 Å². The maximum Gasteiger partial charge on any atom is 0.146 e. The number of nitrogens with one attached hydrogen (secondary N) is 1. The van der Waals surface area contributed by atoms with E-state index < -0.39 is 8.07 Å². The van der Waals surface area contributed by atoms with Crippen molar-refractivity contribution >= 4 is 19.0 Å². The minimum Gasteiger partial charge on any atom is -0.361 e. The van der Waals surface area contributed by atoms with E-state index in [0.717, 1.165) is 5.56 Å². The smallest absolute Gasteiger partial charge is 0.146 e. The van der Waals surface area contributed by atoms with Gasteiger partial charge in [-0.2, -0.15) is 0 Å². The number of H-pyrrole nitrogens is 1. The summed E-state index contributed by atoms with van der Waals surface area (Å²) >= 11 is 0. The minimum absolute atomic E-state index is 0.681. The van der Waals surface area contributed by atoms with Crippen LogP contribution >= 0.6 is 0 Å². The molecule has 21 heavy (non-hydrogen) atoms. The van der Waals surface area contributed by atoms with Gasteiger partial charge in [0.2, 0.25) is 0 Å². The van der Waals surface area contributed by atoms with Crippen LogP contribution in [0.15, 0.2) is 30.5 Å². The van der Waals surface area contributed by atoms with Crippen LogP contribution in [0.3, 0.4) is 0 Å². The van der Waals surface area contributed by atoms with Crippen LogP contribution in [0.5, 0.6) is 0 Å². The van der Waals surface area contributed by atoms with Crippen LogP contribution in [-0.2, 0) is 0 Å². The van der Waals surface area contributed by atoms with Gasteiger partial charge in [0.1, 0.15) is 8.07 Å². The topological polar surface area (TPSA) is 15.8 Å². The zero-order chi connectivity index (χ0) is 15.6. The highest BCUT2D eigenvalue weighted by Crippen LogP contribution is 2.40. The molecule has 0 radical (unpaired) electrons. The zero-order valence-corrected chi connectivity index (χ0v) is 15.1. The van der Waals surface area contributed by atoms with Gasteiger partial charge in [-0.25, -0.2) is 0 Å². The second kappa shape index (κ2) is 6.11. The molecule has 0 bridgehead atoms. The molecule has 1 aromatic heterocycles. The highest BCUT2D eigenvalue weighted by Gasteiger charge is 2.41. The number of rotatable bonds is 3. The summed E-state index contributed by atoms with van der Waals surface area (Å²) in [7, 11) is -1.63. The van der Waals surface area contributed by atoms with E-state index in [4.69, 9.17) is 0 Å². The van der Waals surface area contributed by atoms with Crippen molar-refractivity contribution in [3.8, 4) is 11.5 Å². The molecule has 1 heterocycles. The van der Waals surface area contributed by atoms with E-state index in [2.05, 4.69) is 82.3 Å². The summed E-state index contributed by atoms with van der Waals surface area (Å²) in [6.45, 7) is 14.1. The number of aromatic amines is 1. The van der Waals surface area contributed by atoms with Crippen LogP contribution in [0.1, 0.15) is 47.1 Å². The van der Waals surface area contributed by atoms with Gasteiger partial charge >= 0.3 is 0 Å². The largest absolute Gasteiger partial charge is 0.361 e. The average Bonchev–Trinajstić information content (AvgIpc) is 2.85. The fraction of sp³-hybridized carbons (Fsp3) is 0.474. The predicted molar refractivity (Wildman–Crippen MR) is 96.2 cm³/mol. The normalized spacial score (nSPS) is 12.2. The quantitative estimate of drug-likeness (QED) is 0.549. The fourth-order valence-electron chi connectivity index (χ4n) is 3.74. The van der Waals surface area contributed by atoms with Gasteiger partial charge in [0.15, 0.2) is 0 Å². The van der Waals surface area contributed by atoms with Crippen molar-refractivity contribution in [2.45, 2.75) is 58.2 Å². The molecule has 0 aliphatic rings. The summed E-state index contributed by atoms with van der Waals surface area (Å²) in [6, 6.07) is 8.56. The zero-order valence-electron chi connectivity index (χ0n) is 14.1. The first kappa shape index (κ1) is 15.9. The van der Waals surface area contributed by atoms with E-state index in [0.29, 0.717) is 16.6 Å². The van der Waals surface area contributed by atoms with Crippen molar-refractivity contribution in [3.63, 3.8) is 0 Å². The van der Waals surface area contributed by atoms with Crippen LogP contribution < -0.4 is 0 Å². The number of benzene rings is 1. The maximum atomic E-state index is 3.78. The Morgan fingerprint density at radius 3 is 2.10 bits per heavy atom. The number of hydrogen-bond acceptors (Lipinski definition) is 0. The minimum atomic E-state index is -1.63. The Hall–Kier alpha value is -1.46. The Kier molecular flexibility index (Phi) is 4.63. The first-order chi connectivity index (χ1) is 9.87. The van der Waals surface area contributed by atoms with E-state index in [9.17, 15) is 0 Å². The van der Waals surface area contributed by atoms with Crippen molar-refractivity contribution in [2.75, 3.05) is 0 Å². The monoisotopic (exact) mass is 297 g/mol. The lowest BCUT2D eigenvalue weighted by Gasteiger charge is -2.38. The molecule has 0 aliphatic carbocycles. The molecular weight excluding hydrogens is 270 g/mol. The van der Waals surface area contributed by atoms with Crippen molar-refractivity contribution in [1.29, 1.82) is 0 Å². The van der Waals surface area contributed by atoms with Crippen LogP contribution in [0.25, 0.3) is 10.9 Å². The number of hydrogen-bond donors (Lipinski definition) is 1. The molecule has 0 amide bonds. The number of aromatic nitrogens is 1. The Balaban J connectivity index is 2.45. The molecule has 1 aromatic carbocycles. The van der Waals surface area contributed by atoms with E-state index in [1.165, 1.54) is 10.9 Å². The summed E-state index contributed by atoms with van der Waals surface area (Å²) in [4.78, 5) is 3.23. The van der Waals surface area contributed by atoms with Gasteiger partial charge in [-0.05, 0) is 40.9 Å². The predicted octanol–water partition coefficient (Wildman–Crippen LogP) is 5.74. The third-order valence-electron chi connectivity index (χ3n) is 4.84. The highest BCUT2D eigenvalue weighted by atomic mass is 28.3. The Morgan fingerprint density at radius 1 is 0.905 bits per heavy atom. The van der Waals surface area contributed by atoms with Crippen molar-refractivity contribution in [1.82, 2.24) is 4.98 Å². The summed E-state index contributed by atoms with van der Waals surface area (Å²) in [5, 5.41) is 1.24. The third kappa shape index (κ3) is 2.94. The lowest BCUT2D eigenvalue weighted by molar-refractivity contribution is 0.838. The van der Waals surface area contributed by atoms with Crippen LogP contribution in [0.2, 0.25) is 16.6 Å². The molecule has 1 N–H and O–H groups in total. The van der Waals surface area contributed by atoms with Gasteiger partial charge in [-0.3, -0.25) is 0 Å². The van der Waals surface area contributed by atoms with Crippen molar-refractivity contribution in [3.05, 3.63) is 36.0 Å². The summed E-state index contributed by atoms with van der Waals surface area (Å²) in [5.74, 6) is 3.51. The molecule has 112 valence electrons. The second-order valence-electron chi connectivity index (χ2n) is 6.93. The third-order valence-corrected chi connectivity index (χ3v) is 11.1. The lowest BCUT2D eigenvalue weighted by Crippen LogP contribution is -2.43. The lowest BCUT2D eigenvalue weighted by atomic mass is 10.2. The molecule has 0 aliphatic heterocycles. The van der Waals surface area contributed by atoms with Gasteiger partial charge in [-0.1, -0.05) is 47.5 Å². The van der Waals surface area contributed by atoms with Crippen LogP contribution in [-0.4, -0.2) is 13.1 Å². The molecule has 0 saturated carbocycles. The molecule has 0 saturated heterocycles. The van der Waals surface area contributed by atoms with Gasteiger partial charge < -0.3 is 4.98 Å². The molecule has 2 rings (SSSR count). The molecule has 0 fully saturated rings. The molecule has 2 aromatic rings. The van der Waals surface area contributed by atoms with Gasteiger partial charge in [-0.15, -0.1) is 5.54 Å². The summed E-state index contributed by atoms with van der Waals surface area (Å²) < 4.78 is 0. The maximum absolute atomic E-state index is 3.78. The Labute approximate surface area is 130 Å². The first-order valence-electron chi connectivity index (χ1n) is 7.98. The van der Waals surface area contributed by atoms with Crippen LogP contribution in [0.4, 0.5) is 0 Å². The van der Waals surface area contributed by atoms with Crippen LogP contribution in [0, 0.1) is 11.5 Å². The standard InChI is InChI=1S/C19H27NSi/c1-14(2)21(15(3)4,16(5)6)12-10-17-7-8-19-18(13-17)9-11-20-19/h7-9,11,13-16,20H,1-6H3. The molecule has 0 unspecified atom stereocenters. The Bertz CT molecular complexity index is 646. The fourth-order valence-corrected chi connectivity index (χ4v) is 8.97. The summed E-state index contributed by atoms with van der Waals surface area (Å²) in [6.07, 6.45) is 1.98. The molecule has 2 heteroatoms. The molecule has 1 nitrogen and oxygen atoms in total. The van der Waals surface area contributed by atoms with E-state index in [1.807, 2.05) is 6.20 Å².